The summed E-state index contributed by atoms with van der Waals surface area (Å²) in [4.78, 5) is 2.59. The number of hydrogen-bond donors (Lipinski definition) is 1. The highest BCUT2D eigenvalue weighted by Gasteiger charge is 2.18. The number of nitrogens with two attached hydrogens (primary N) is 1. The first-order valence-electron chi connectivity index (χ1n) is 7.16. The molecule has 2 nitrogen and oxygen atoms in total. The summed E-state index contributed by atoms with van der Waals surface area (Å²) in [5.74, 6) is 0. The molecule has 0 aliphatic heterocycles. The van der Waals surface area contributed by atoms with E-state index in [9.17, 15) is 0 Å². The van der Waals surface area contributed by atoms with Gasteiger partial charge in [0, 0.05) is 25.2 Å². The van der Waals surface area contributed by atoms with Crippen molar-refractivity contribution in [1.29, 1.82) is 0 Å². The Morgan fingerprint density at radius 1 is 1.00 bits per heavy atom. The van der Waals surface area contributed by atoms with E-state index in [2.05, 4.69) is 56.9 Å². The van der Waals surface area contributed by atoms with Crippen LogP contribution in [0.1, 0.15) is 51.7 Å². The minimum absolute atomic E-state index is 0.616. The van der Waals surface area contributed by atoms with Crippen molar-refractivity contribution in [1.82, 2.24) is 4.90 Å². The van der Waals surface area contributed by atoms with Gasteiger partial charge in [0.15, 0.2) is 0 Å². The van der Waals surface area contributed by atoms with Gasteiger partial charge in [0.2, 0.25) is 0 Å². The SMILES string of the molecule is CCC(C)N(Cc1ccccc1CN)C(C)CC. The molecule has 0 aromatic heterocycles. The smallest absolute Gasteiger partial charge is 0.0242 e. The molecule has 0 fully saturated rings. The molecule has 0 amide bonds. The van der Waals surface area contributed by atoms with Crippen molar-refractivity contribution < 1.29 is 0 Å². The van der Waals surface area contributed by atoms with Gasteiger partial charge in [0.05, 0.1) is 0 Å². The molecular weight excluding hydrogens is 220 g/mol. The number of benzene rings is 1. The Bertz CT molecular complexity index is 339. The van der Waals surface area contributed by atoms with Gasteiger partial charge in [-0.05, 0) is 37.8 Å². The molecule has 0 bridgehead atoms. The standard InChI is InChI=1S/C16H28N2/c1-5-13(3)18(14(4)6-2)12-16-10-8-7-9-15(16)11-17/h7-10,13-14H,5-6,11-12,17H2,1-4H3. The number of hydrogen-bond acceptors (Lipinski definition) is 2. The second kappa shape index (κ2) is 7.55. The van der Waals surface area contributed by atoms with Gasteiger partial charge >= 0.3 is 0 Å². The second-order valence-corrected chi connectivity index (χ2v) is 5.16. The maximum atomic E-state index is 5.83. The molecule has 0 radical (unpaired) electrons. The van der Waals surface area contributed by atoms with E-state index in [1.807, 2.05) is 0 Å². The minimum Gasteiger partial charge on any atom is -0.326 e. The first kappa shape index (κ1) is 15.2. The minimum atomic E-state index is 0.616. The molecule has 0 aliphatic carbocycles. The summed E-state index contributed by atoms with van der Waals surface area (Å²) in [5, 5.41) is 0. The maximum absolute atomic E-state index is 5.83. The molecule has 2 heteroatoms. The molecule has 2 unspecified atom stereocenters. The molecule has 0 aliphatic rings. The summed E-state index contributed by atoms with van der Waals surface area (Å²) in [5.41, 5.74) is 8.47. The molecule has 0 saturated carbocycles. The third-order valence-electron chi connectivity index (χ3n) is 4.01. The quantitative estimate of drug-likeness (QED) is 0.799. The first-order chi connectivity index (χ1) is 8.63. The van der Waals surface area contributed by atoms with Crippen molar-refractivity contribution in [3.05, 3.63) is 35.4 Å². The van der Waals surface area contributed by atoms with E-state index in [1.54, 1.807) is 0 Å². The molecule has 2 N–H and O–H groups in total. The van der Waals surface area contributed by atoms with Gasteiger partial charge < -0.3 is 5.73 Å². The molecule has 2 atom stereocenters. The fraction of sp³-hybridized carbons (Fsp3) is 0.625. The van der Waals surface area contributed by atoms with E-state index < -0.39 is 0 Å². The van der Waals surface area contributed by atoms with Crippen LogP contribution in [0.25, 0.3) is 0 Å². The van der Waals surface area contributed by atoms with Gasteiger partial charge in [-0.3, -0.25) is 4.90 Å². The van der Waals surface area contributed by atoms with Gasteiger partial charge in [0.25, 0.3) is 0 Å². The molecule has 0 saturated heterocycles. The van der Waals surface area contributed by atoms with Crippen LogP contribution >= 0.6 is 0 Å². The van der Waals surface area contributed by atoms with Gasteiger partial charge in [-0.1, -0.05) is 38.1 Å². The third-order valence-corrected chi connectivity index (χ3v) is 4.01. The Kier molecular flexibility index (Phi) is 6.37. The highest BCUT2D eigenvalue weighted by molar-refractivity contribution is 5.26. The fourth-order valence-electron chi connectivity index (χ4n) is 2.32. The molecule has 1 rings (SSSR count). The van der Waals surface area contributed by atoms with Gasteiger partial charge in [-0.15, -0.1) is 0 Å². The second-order valence-electron chi connectivity index (χ2n) is 5.16. The Hall–Kier alpha value is -0.860. The summed E-state index contributed by atoms with van der Waals surface area (Å²) in [6.45, 7) is 10.8. The first-order valence-corrected chi connectivity index (χ1v) is 7.16. The van der Waals surface area contributed by atoms with E-state index in [1.165, 1.54) is 24.0 Å². The van der Waals surface area contributed by atoms with Crippen molar-refractivity contribution in [2.45, 2.75) is 65.7 Å². The summed E-state index contributed by atoms with van der Waals surface area (Å²) < 4.78 is 0. The van der Waals surface area contributed by atoms with Crippen LogP contribution in [-0.4, -0.2) is 17.0 Å². The summed E-state index contributed by atoms with van der Waals surface area (Å²) in [7, 11) is 0. The molecule has 1 aromatic rings. The lowest BCUT2D eigenvalue weighted by Crippen LogP contribution is -2.39. The molecule has 0 heterocycles. The third kappa shape index (κ3) is 3.82. The Labute approximate surface area is 112 Å². The maximum Gasteiger partial charge on any atom is 0.0242 e. The van der Waals surface area contributed by atoms with Crippen LogP contribution in [0.2, 0.25) is 0 Å². The Balaban J connectivity index is 2.88. The lowest BCUT2D eigenvalue weighted by atomic mass is 10.0. The van der Waals surface area contributed by atoms with Gasteiger partial charge in [-0.25, -0.2) is 0 Å². The van der Waals surface area contributed by atoms with Crippen molar-refractivity contribution in [2.24, 2.45) is 5.73 Å². The van der Waals surface area contributed by atoms with E-state index in [-0.39, 0.29) is 0 Å². The lowest BCUT2D eigenvalue weighted by molar-refractivity contribution is 0.137. The van der Waals surface area contributed by atoms with Crippen molar-refractivity contribution in [2.75, 3.05) is 0 Å². The van der Waals surface area contributed by atoms with Gasteiger partial charge in [-0.2, -0.15) is 0 Å². The zero-order chi connectivity index (χ0) is 13.5. The van der Waals surface area contributed by atoms with Gasteiger partial charge in [0.1, 0.15) is 0 Å². The zero-order valence-electron chi connectivity index (χ0n) is 12.3. The lowest BCUT2D eigenvalue weighted by Gasteiger charge is -2.34. The normalized spacial score (nSPS) is 14.8. The molecular formula is C16H28N2. The van der Waals surface area contributed by atoms with Crippen LogP contribution in [0.3, 0.4) is 0 Å². The van der Waals surface area contributed by atoms with Crippen molar-refractivity contribution >= 4 is 0 Å². The topological polar surface area (TPSA) is 29.3 Å². The molecule has 0 spiro atoms. The van der Waals surface area contributed by atoms with E-state index in [0.717, 1.165) is 6.54 Å². The average molecular weight is 248 g/mol. The van der Waals surface area contributed by atoms with E-state index in [4.69, 9.17) is 5.73 Å². The summed E-state index contributed by atoms with van der Waals surface area (Å²) in [6.07, 6.45) is 2.38. The van der Waals surface area contributed by atoms with E-state index in [0.29, 0.717) is 18.6 Å². The Morgan fingerprint density at radius 3 is 1.94 bits per heavy atom. The molecule has 102 valence electrons. The summed E-state index contributed by atoms with van der Waals surface area (Å²) in [6, 6.07) is 9.76. The Morgan fingerprint density at radius 2 is 1.50 bits per heavy atom. The highest BCUT2D eigenvalue weighted by atomic mass is 15.2. The highest BCUT2D eigenvalue weighted by Crippen LogP contribution is 2.18. The monoisotopic (exact) mass is 248 g/mol. The number of rotatable bonds is 7. The predicted octanol–water partition coefficient (Wildman–Crippen LogP) is 3.54. The van der Waals surface area contributed by atoms with Crippen LogP contribution in [0.15, 0.2) is 24.3 Å². The average Bonchev–Trinajstić information content (AvgIpc) is 2.43. The van der Waals surface area contributed by atoms with Crippen molar-refractivity contribution in [3.8, 4) is 0 Å². The van der Waals surface area contributed by atoms with Crippen LogP contribution in [0.4, 0.5) is 0 Å². The predicted molar refractivity (Wildman–Crippen MR) is 79.4 cm³/mol. The molecule has 1 aromatic carbocycles. The van der Waals surface area contributed by atoms with Crippen LogP contribution in [-0.2, 0) is 13.1 Å². The fourth-order valence-corrected chi connectivity index (χ4v) is 2.32. The van der Waals surface area contributed by atoms with Crippen LogP contribution in [0.5, 0.6) is 0 Å². The zero-order valence-corrected chi connectivity index (χ0v) is 12.3. The van der Waals surface area contributed by atoms with E-state index >= 15 is 0 Å². The largest absolute Gasteiger partial charge is 0.326 e. The number of nitrogens with zero attached hydrogens (tertiary/aromatic N) is 1. The van der Waals surface area contributed by atoms with Crippen LogP contribution < -0.4 is 5.73 Å². The van der Waals surface area contributed by atoms with Crippen molar-refractivity contribution in [3.63, 3.8) is 0 Å². The summed E-state index contributed by atoms with van der Waals surface area (Å²) >= 11 is 0. The molecule has 18 heavy (non-hydrogen) atoms. The van der Waals surface area contributed by atoms with Crippen LogP contribution in [0, 0.1) is 0 Å².